The second kappa shape index (κ2) is 11.7. The molecule has 1 aromatic heterocycles. The van der Waals surface area contributed by atoms with Crippen LogP contribution in [-0.2, 0) is 20.9 Å². The van der Waals surface area contributed by atoms with Crippen LogP contribution in [0.4, 0.5) is 0 Å². The molecule has 0 saturated heterocycles. The van der Waals surface area contributed by atoms with Gasteiger partial charge in [-0.25, -0.2) is 9.48 Å². The minimum Gasteiger partial charge on any atom is -0.497 e. The van der Waals surface area contributed by atoms with Gasteiger partial charge in [-0.15, -0.1) is 5.10 Å². The Morgan fingerprint density at radius 1 is 1.07 bits per heavy atom. The van der Waals surface area contributed by atoms with E-state index in [1.807, 2.05) is 43.3 Å². The highest BCUT2D eigenvalue weighted by molar-refractivity contribution is 6.04. The zero-order valence-corrected chi connectivity index (χ0v) is 24.8. The van der Waals surface area contributed by atoms with E-state index in [1.54, 1.807) is 38.1 Å². The lowest BCUT2D eigenvalue weighted by Gasteiger charge is -2.39. The molecule has 0 spiro atoms. The van der Waals surface area contributed by atoms with Crippen molar-refractivity contribution in [2.45, 2.75) is 53.1 Å². The van der Waals surface area contributed by atoms with Crippen LogP contribution in [0.1, 0.15) is 57.7 Å². The van der Waals surface area contributed by atoms with Crippen molar-refractivity contribution in [3.8, 4) is 22.9 Å². The van der Waals surface area contributed by atoms with Gasteiger partial charge < -0.3 is 24.3 Å². The fourth-order valence-electron chi connectivity index (χ4n) is 5.61. The topological polar surface area (TPSA) is 114 Å². The van der Waals surface area contributed by atoms with E-state index in [-0.39, 0.29) is 24.4 Å². The molecular formula is C32H36N4O6. The predicted octanol–water partition coefficient (Wildman–Crippen LogP) is 5.03. The molecule has 5 rings (SSSR count). The van der Waals surface area contributed by atoms with E-state index >= 15 is 0 Å². The molecular weight excluding hydrogens is 536 g/mol. The van der Waals surface area contributed by atoms with Crippen LogP contribution < -0.4 is 19.5 Å². The first kappa shape index (κ1) is 28.9. The number of ketones is 1. The third-order valence-corrected chi connectivity index (χ3v) is 7.51. The number of benzene rings is 2. The Bertz CT molecular complexity index is 1570. The van der Waals surface area contributed by atoms with Crippen molar-refractivity contribution in [2.24, 2.45) is 5.41 Å². The van der Waals surface area contributed by atoms with Crippen molar-refractivity contribution in [3.63, 3.8) is 0 Å². The van der Waals surface area contributed by atoms with Crippen molar-refractivity contribution in [2.75, 3.05) is 20.8 Å². The second-order valence-corrected chi connectivity index (χ2v) is 11.2. The number of nitrogens with zero attached hydrogens (tertiary/aromatic N) is 3. The maximum absolute atomic E-state index is 13.5. The lowest BCUT2D eigenvalue weighted by atomic mass is 9.68. The number of nitrogens with one attached hydrogen (secondary N) is 1. The third-order valence-electron chi connectivity index (χ3n) is 7.51. The Labute approximate surface area is 245 Å². The van der Waals surface area contributed by atoms with Crippen molar-refractivity contribution >= 4 is 11.8 Å². The molecule has 2 heterocycles. The lowest BCUT2D eigenvalue weighted by Crippen LogP contribution is -2.38. The van der Waals surface area contributed by atoms with Crippen LogP contribution in [0.5, 0.6) is 17.2 Å². The average molecular weight is 573 g/mol. The van der Waals surface area contributed by atoms with Gasteiger partial charge in [0.1, 0.15) is 18.1 Å². The quantitative estimate of drug-likeness (QED) is 0.353. The van der Waals surface area contributed by atoms with E-state index in [9.17, 15) is 9.59 Å². The highest BCUT2D eigenvalue weighted by Gasteiger charge is 2.43. The van der Waals surface area contributed by atoms with E-state index in [1.165, 1.54) is 0 Å². The first-order valence-electron chi connectivity index (χ1n) is 13.9. The maximum Gasteiger partial charge on any atom is 0.336 e. The summed E-state index contributed by atoms with van der Waals surface area (Å²) in [7, 11) is 3.18. The maximum atomic E-state index is 13.5. The summed E-state index contributed by atoms with van der Waals surface area (Å²) >= 11 is 0. The molecule has 2 aromatic carbocycles. The second-order valence-electron chi connectivity index (χ2n) is 11.2. The molecule has 0 saturated carbocycles. The highest BCUT2D eigenvalue weighted by atomic mass is 16.5. The number of carbonyl (C=O) groups is 2. The number of Topliss-reactive ketones (excluding diaryl/α,β-unsaturated/α-hetero) is 1. The van der Waals surface area contributed by atoms with Crippen LogP contribution in [0, 0.1) is 5.41 Å². The van der Waals surface area contributed by atoms with Gasteiger partial charge in [0.2, 0.25) is 0 Å². The smallest absolute Gasteiger partial charge is 0.336 e. The van der Waals surface area contributed by atoms with Gasteiger partial charge in [0.15, 0.2) is 17.3 Å². The summed E-state index contributed by atoms with van der Waals surface area (Å²) in [6.45, 7) is 8.17. The third kappa shape index (κ3) is 5.74. The number of ether oxygens (including phenoxy) is 4. The first-order chi connectivity index (χ1) is 20.1. The zero-order valence-electron chi connectivity index (χ0n) is 24.8. The van der Waals surface area contributed by atoms with E-state index in [4.69, 9.17) is 18.9 Å². The Morgan fingerprint density at radius 3 is 2.52 bits per heavy atom. The minimum absolute atomic E-state index is 0.0206. The molecule has 1 unspecified atom stereocenters. The van der Waals surface area contributed by atoms with Gasteiger partial charge in [-0.05, 0) is 67.6 Å². The standard InChI is InChI=1S/C32H36N4O6/c1-7-41-31(38)28-19(2)33-24-15-32(3,4)16-25(37)30(24)29(28)20-8-13-26(27(14-20)40-6)42-18-21-17-36(35-34-21)22-9-11-23(39-5)12-10-22/h8-14,17,29,33H,7,15-16,18H2,1-6H3. The lowest BCUT2D eigenvalue weighted by molar-refractivity contribution is -0.138. The monoisotopic (exact) mass is 572 g/mol. The number of aromatic nitrogens is 3. The Hall–Kier alpha value is -4.60. The summed E-state index contributed by atoms with van der Waals surface area (Å²) < 4.78 is 24.1. The Morgan fingerprint density at radius 2 is 1.83 bits per heavy atom. The molecule has 0 fully saturated rings. The summed E-state index contributed by atoms with van der Waals surface area (Å²) in [5.74, 6) is 0.712. The van der Waals surface area contributed by atoms with Gasteiger partial charge in [-0.3, -0.25) is 4.79 Å². The molecule has 1 N–H and O–H groups in total. The summed E-state index contributed by atoms with van der Waals surface area (Å²) in [6, 6.07) is 13.0. The van der Waals surface area contributed by atoms with Crippen LogP contribution in [0.15, 0.2) is 71.2 Å². The van der Waals surface area contributed by atoms with Gasteiger partial charge in [0, 0.05) is 29.3 Å². The molecule has 220 valence electrons. The fraction of sp³-hybridized carbons (Fsp3) is 0.375. The van der Waals surface area contributed by atoms with Crippen LogP contribution in [0.2, 0.25) is 0 Å². The zero-order chi connectivity index (χ0) is 30.0. The molecule has 10 heteroatoms. The SMILES string of the molecule is CCOC(=O)C1=C(C)NC2=C(C(=O)CC(C)(C)C2)C1c1ccc(OCc2cn(-c3ccc(OC)cc3)nn2)c(OC)c1. The van der Waals surface area contributed by atoms with Crippen molar-refractivity contribution in [1.82, 2.24) is 20.3 Å². The van der Waals surface area contributed by atoms with Crippen LogP contribution >= 0.6 is 0 Å². The first-order valence-corrected chi connectivity index (χ1v) is 13.9. The molecule has 42 heavy (non-hydrogen) atoms. The number of esters is 1. The van der Waals surface area contributed by atoms with Crippen LogP contribution in [0.25, 0.3) is 5.69 Å². The number of hydrogen-bond donors (Lipinski definition) is 1. The van der Waals surface area contributed by atoms with Crippen molar-refractivity contribution in [1.29, 1.82) is 0 Å². The number of allylic oxidation sites excluding steroid dienone is 3. The molecule has 10 nitrogen and oxygen atoms in total. The summed E-state index contributed by atoms with van der Waals surface area (Å²) in [5, 5.41) is 11.8. The van der Waals surface area contributed by atoms with Crippen molar-refractivity contribution in [3.05, 3.63) is 82.5 Å². The molecule has 3 aromatic rings. The molecule has 0 amide bonds. The van der Waals surface area contributed by atoms with Gasteiger partial charge in [-0.2, -0.15) is 0 Å². The minimum atomic E-state index is -0.587. The predicted molar refractivity (Wildman–Crippen MR) is 155 cm³/mol. The van der Waals surface area contributed by atoms with Crippen LogP contribution in [-0.4, -0.2) is 47.6 Å². The molecule has 0 radical (unpaired) electrons. The summed E-state index contributed by atoms with van der Waals surface area (Å²) in [6.07, 6.45) is 2.89. The van der Waals surface area contributed by atoms with Crippen molar-refractivity contribution < 1.29 is 28.5 Å². The summed E-state index contributed by atoms with van der Waals surface area (Å²) in [5.41, 5.74) is 4.60. The number of carbonyl (C=O) groups excluding carboxylic acids is 2. The average Bonchev–Trinajstić information content (AvgIpc) is 3.43. The van der Waals surface area contributed by atoms with E-state index in [0.717, 1.165) is 22.7 Å². The van der Waals surface area contributed by atoms with E-state index < -0.39 is 11.9 Å². The number of rotatable bonds is 9. The van der Waals surface area contributed by atoms with E-state index in [0.29, 0.717) is 46.9 Å². The fourth-order valence-corrected chi connectivity index (χ4v) is 5.61. The van der Waals surface area contributed by atoms with Gasteiger partial charge in [0.05, 0.1) is 38.3 Å². The molecule has 2 aliphatic rings. The summed E-state index contributed by atoms with van der Waals surface area (Å²) in [4.78, 5) is 26.7. The largest absolute Gasteiger partial charge is 0.497 e. The van der Waals surface area contributed by atoms with Gasteiger partial charge in [0.25, 0.3) is 0 Å². The van der Waals surface area contributed by atoms with Gasteiger partial charge >= 0.3 is 5.97 Å². The number of dihydropyridines is 1. The normalized spacial score (nSPS) is 17.9. The van der Waals surface area contributed by atoms with Gasteiger partial charge in [-0.1, -0.05) is 25.1 Å². The highest BCUT2D eigenvalue weighted by Crippen LogP contribution is 2.48. The van der Waals surface area contributed by atoms with Crippen LogP contribution in [0.3, 0.4) is 0 Å². The Balaban J connectivity index is 1.43. The number of hydrogen-bond acceptors (Lipinski definition) is 9. The molecule has 1 aliphatic heterocycles. The molecule has 1 atom stereocenters. The molecule has 0 bridgehead atoms. The van der Waals surface area contributed by atoms with E-state index in [2.05, 4.69) is 29.5 Å². The number of methoxy groups -OCH3 is 2. The molecule has 1 aliphatic carbocycles. The Kier molecular flexibility index (Phi) is 8.06.